The van der Waals surface area contributed by atoms with Gasteiger partial charge < -0.3 is 10.2 Å². The second-order valence-corrected chi connectivity index (χ2v) is 7.75. The molecular formula is C21H17ClF3N3O2S. The van der Waals surface area contributed by atoms with Crippen molar-refractivity contribution in [3.8, 4) is 10.6 Å². The molecule has 2 aromatic carbocycles. The fourth-order valence-electron chi connectivity index (χ4n) is 2.82. The number of halogens is 4. The van der Waals surface area contributed by atoms with Crippen molar-refractivity contribution in [1.29, 1.82) is 0 Å². The molecule has 10 heteroatoms. The summed E-state index contributed by atoms with van der Waals surface area (Å²) in [7, 11) is 0. The van der Waals surface area contributed by atoms with Crippen molar-refractivity contribution < 1.29 is 22.8 Å². The van der Waals surface area contributed by atoms with Crippen LogP contribution in [0.25, 0.3) is 10.6 Å². The standard InChI is InChI=1S/C21H17ClF3N3O2S/c1-2-28(11-18(29)26-16-9-4-3-8-15(16)21(23,24)25)20(30)17-12-31-19(27-17)13-6-5-7-14(22)10-13/h3-10,12H,2,11H2,1H3,(H,26,29). The van der Waals surface area contributed by atoms with Crippen molar-refractivity contribution in [2.45, 2.75) is 13.1 Å². The molecule has 1 aromatic heterocycles. The van der Waals surface area contributed by atoms with Crippen LogP contribution in [0.2, 0.25) is 5.02 Å². The van der Waals surface area contributed by atoms with Crippen molar-refractivity contribution in [2.75, 3.05) is 18.4 Å². The Labute approximate surface area is 185 Å². The Hall–Kier alpha value is -2.91. The third-order valence-corrected chi connectivity index (χ3v) is 5.43. The summed E-state index contributed by atoms with van der Waals surface area (Å²) in [5, 5.41) is 4.93. The minimum Gasteiger partial charge on any atom is -0.328 e. The molecule has 0 unspecified atom stereocenters. The third-order valence-electron chi connectivity index (χ3n) is 4.30. The molecule has 0 radical (unpaired) electrons. The second-order valence-electron chi connectivity index (χ2n) is 6.46. The van der Waals surface area contributed by atoms with E-state index in [1.807, 2.05) is 6.07 Å². The van der Waals surface area contributed by atoms with Gasteiger partial charge in [-0.05, 0) is 31.2 Å². The van der Waals surface area contributed by atoms with Gasteiger partial charge in [0.2, 0.25) is 5.91 Å². The number of carbonyl (C=O) groups excluding carboxylic acids is 2. The van der Waals surface area contributed by atoms with E-state index in [0.717, 1.165) is 17.7 Å². The lowest BCUT2D eigenvalue weighted by atomic mass is 10.1. The quantitative estimate of drug-likeness (QED) is 0.514. The fraction of sp³-hybridized carbons (Fsp3) is 0.190. The zero-order valence-corrected chi connectivity index (χ0v) is 17.8. The predicted octanol–water partition coefficient (Wildman–Crippen LogP) is 5.58. The van der Waals surface area contributed by atoms with Crippen molar-refractivity contribution in [3.63, 3.8) is 0 Å². The molecule has 3 aromatic rings. The van der Waals surface area contributed by atoms with E-state index in [-0.39, 0.29) is 17.9 Å². The number of nitrogens with one attached hydrogen (secondary N) is 1. The van der Waals surface area contributed by atoms with Crippen LogP contribution in [0.3, 0.4) is 0 Å². The van der Waals surface area contributed by atoms with Gasteiger partial charge >= 0.3 is 6.18 Å². The van der Waals surface area contributed by atoms with E-state index in [1.54, 1.807) is 30.5 Å². The number of nitrogens with zero attached hydrogens (tertiary/aromatic N) is 2. The molecule has 5 nitrogen and oxygen atoms in total. The van der Waals surface area contributed by atoms with Gasteiger partial charge in [-0.2, -0.15) is 13.2 Å². The monoisotopic (exact) mass is 467 g/mol. The summed E-state index contributed by atoms with van der Waals surface area (Å²) in [6, 6.07) is 11.7. The molecule has 0 saturated heterocycles. The third kappa shape index (κ3) is 5.62. The minimum atomic E-state index is -4.61. The summed E-state index contributed by atoms with van der Waals surface area (Å²) in [6.07, 6.45) is -4.61. The molecule has 31 heavy (non-hydrogen) atoms. The highest BCUT2D eigenvalue weighted by molar-refractivity contribution is 7.13. The number of aromatic nitrogens is 1. The molecular weight excluding hydrogens is 451 g/mol. The first kappa shape index (κ1) is 22.8. The number of thiazole rings is 1. The van der Waals surface area contributed by atoms with E-state index in [1.165, 1.54) is 28.4 Å². The van der Waals surface area contributed by atoms with Crippen LogP contribution in [0.5, 0.6) is 0 Å². The number of anilines is 1. The Morgan fingerprint density at radius 1 is 1.16 bits per heavy atom. The van der Waals surface area contributed by atoms with Crippen LogP contribution in [-0.2, 0) is 11.0 Å². The van der Waals surface area contributed by atoms with Crippen LogP contribution in [0.15, 0.2) is 53.9 Å². The topological polar surface area (TPSA) is 62.3 Å². The first-order chi connectivity index (χ1) is 14.7. The highest BCUT2D eigenvalue weighted by atomic mass is 35.5. The van der Waals surface area contributed by atoms with Crippen LogP contribution in [0.1, 0.15) is 23.0 Å². The van der Waals surface area contributed by atoms with Crippen molar-refractivity contribution in [1.82, 2.24) is 9.88 Å². The van der Waals surface area contributed by atoms with Crippen LogP contribution < -0.4 is 5.32 Å². The molecule has 1 N–H and O–H groups in total. The number of para-hydroxylation sites is 1. The summed E-state index contributed by atoms with van der Waals surface area (Å²) in [4.78, 5) is 30.7. The van der Waals surface area contributed by atoms with Gasteiger partial charge in [0.05, 0.1) is 11.3 Å². The fourth-order valence-corrected chi connectivity index (χ4v) is 3.80. The molecule has 0 aliphatic carbocycles. The van der Waals surface area contributed by atoms with Gasteiger partial charge in [0, 0.05) is 22.5 Å². The maximum Gasteiger partial charge on any atom is 0.418 e. The van der Waals surface area contributed by atoms with E-state index < -0.39 is 30.1 Å². The van der Waals surface area contributed by atoms with E-state index in [2.05, 4.69) is 10.3 Å². The first-order valence-electron chi connectivity index (χ1n) is 9.16. The highest BCUT2D eigenvalue weighted by Gasteiger charge is 2.33. The molecule has 0 saturated carbocycles. The maximum absolute atomic E-state index is 13.1. The average Bonchev–Trinajstić information content (AvgIpc) is 3.21. The molecule has 0 spiro atoms. The number of rotatable bonds is 6. The van der Waals surface area contributed by atoms with Gasteiger partial charge in [-0.3, -0.25) is 9.59 Å². The number of likely N-dealkylation sites (N-methyl/N-ethyl adjacent to an activating group) is 1. The minimum absolute atomic E-state index is 0.144. The molecule has 162 valence electrons. The van der Waals surface area contributed by atoms with Crippen LogP contribution in [0, 0.1) is 0 Å². The lowest BCUT2D eigenvalue weighted by molar-refractivity contribution is -0.137. The number of carbonyl (C=O) groups is 2. The van der Waals surface area contributed by atoms with Gasteiger partial charge in [-0.25, -0.2) is 4.98 Å². The maximum atomic E-state index is 13.1. The van der Waals surface area contributed by atoms with Gasteiger partial charge in [0.1, 0.15) is 17.2 Å². The molecule has 2 amide bonds. The number of benzene rings is 2. The first-order valence-corrected chi connectivity index (χ1v) is 10.4. The molecule has 3 rings (SSSR count). The smallest absolute Gasteiger partial charge is 0.328 e. The van der Waals surface area contributed by atoms with Crippen LogP contribution >= 0.6 is 22.9 Å². The lowest BCUT2D eigenvalue weighted by Gasteiger charge is -2.20. The highest BCUT2D eigenvalue weighted by Crippen LogP contribution is 2.34. The Bertz CT molecular complexity index is 1100. The number of hydrogen-bond donors (Lipinski definition) is 1. The van der Waals surface area contributed by atoms with Gasteiger partial charge in [0.25, 0.3) is 5.91 Å². The van der Waals surface area contributed by atoms with Gasteiger partial charge in [-0.1, -0.05) is 35.9 Å². The second kappa shape index (κ2) is 9.49. The number of amides is 2. The van der Waals surface area contributed by atoms with Crippen LogP contribution in [-0.4, -0.2) is 34.8 Å². The summed E-state index contributed by atoms with van der Waals surface area (Å²) < 4.78 is 39.3. The molecule has 0 atom stereocenters. The molecule has 1 heterocycles. The van der Waals surface area contributed by atoms with E-state index in [9.17, 15) is 22.8 Å². The Balaban J connectivity index is 1.72. The number of hydrogen-bond acceptors (Lipinski definition) is 4. The molecule has 0 fully saturated rings. The van der Waals surface area contributed by atoms with Gasteiger partial charge in [-0.15, -0.1) is 11.3 Å². The van der Waals surface area contributed by atoms with E-state index in [4.69, 9.17) is 11.6 Å². The van der Waals surface area contributed by atoms with Crippen molar-refractivity contribution in [3.05, 3.63) is 70.2 Å². The molecule has 0 bridgehead atoms. The van der Waals surface area contributed by atoms with E-state index in [0.29, 0.717) is 10.0 Å². The largest absolute Gasteiger partial charge is 0.418 e. The predicted molar refractivity (Wildman–Crippen MR) is 114 cm³/mol. The Morgan fingerprint density at radius 3 is 2.58 bits per heavy atom. The summed E-state index contributed by atoms with van der Waals surface area (Å²) in [6.45, 7) is 1.43. The lowest BCUT2D eigenvalue weighted by Crippen LogP contribution is -2.38. The zero-order valence-electron chi connectivity index (χ0n) is 16.2. The van der Waals surface area contributed by atoms with Gasteiger partial charge in [0.15, 0.2) is 0 Å². The summed E-state index contributed by atoms with van der Waals surface area (Å²) in [5.41, 5.74) is -0.421. The SMILES string of the molecule is CCN(CC(=O)Nc1ccccc1C(F)(F)F)C(=O)c1csc(-c2cccc(Cl)c2)n1. The Morgan fingerprint density at radius 2 is 1.90 bits per heavy atom. The molecule has 0 aliphatic rings. The Kier molecular flexibility index (Phi) is 6.97. The average molecular weight is 468 g/mol. The normalized spacial score (nSPS) is 11.3. The summed E-state index contributed by atoms with van der Waals surface area (Å²) >= 11 is 7.24. The van der Waals surface area contributed by atoms with Crippen LogP contribution in [0.4, 0.5) is 18.9 Å². The molecule has 0 aliphatic heterocycles. The zero-order chi connectivity index (χ0) is 22.6. The van der Waals surface area contributed by atoms with Crippen molar-refractivity contribution >= 4 is 40.4 Å². The van der Waals surface area contributed by atoms with Crippen molar-refractivity contribution in [2.24, 2.45) is 0 Å². The number of alkyl halides is 3. The summed E-state index contributed by atoms with van der Waals surface area (Å²) in [5.74, 6) is -1.23. The van der Waals surface area contributed by atoms with E-state index >= 15 is 0 Å².